The van der Waals surface area contributed by atoms with Crippen molar-refractivity contribution in [1.29, 1.82) is 0 Å². The maximum Gasteiger partial charge on any atom is 0.255 e. The van der Waals surface area contributed by atoms with E-state index in [2.05, 4.69) is 10.3 Å². The van der Waals surface area contributed by atoms with E-state index in [1.54, 1.807) is 41.4 Å². The smallest absolute Gasteiger partial charge is 0.255 e. The highest BCUT2D eigenvalue weighted by atomic mass is 32.2. The molecule has 0 aliphatic carbocycles. The van der Waals surface area contributed by atoms with E-state index in [-0.39, 0.29) is 34.9 Å². The van der Waals surface area contributed by atoms with E-state index in [4.69, 9.17) is 0 Å². The van der Waals surface area contributed by atoms with Gasteiger partial charge in [0, 0.05) is 37.4 Å². The van der Waals surface area contributed by atoms with Crippen molar-refractivity contribution in [3.8, 4) is 0 Å². The topological polar surface area (TPSA) is 96.4 Å². The molecule has 2 heterocycles. The predicted molar refractivity (Wildman–Crippen MR) is 105 cm³/mol. The van der Waals surface area contributed by atoms with Crippen LogP contribution in [0.3, 0.4) is 0 Å². The highest BCUT2D eigenvalue weighted by molar-refractivity contribution is 7.91. The summed E-state index contributed by atoms with van der Waals surface area (Å²) in [6.45, 7) is 2.80. The summed E-state index contributed by atoms with van der Waals surface area (Å²) in [6.07, 6.45) is 2.09. The number of pyridine rings is 1. The third kappa shape index (κ3) is 4.95. The zero-order chi connectivity index (χ0) is 20.1. The van der Waals surface area contributed by atoms with Crippen molar-refractivity contribution in [3.63, 3.8) is 0 Å². The molecule has 0 unspecified atom stereocenters. The van der Waals surface area contributed by atoms with Gasteiger partial charge in [-0.2, -0.15) is 0 Å². The molecule has 1 aliphatic heterocycles. The number of aromatic nitrogens is 1. The summed E-state index contributed by atoms with van der Waals surface area (Å²) in [7, 11) is -3.49. The van der Waals surface area contributed by atoms with Gasteiger partial charge in [0.25, 0.3) is 5.91 Å². The minimum absolute atomic E-state index is 0.108. The molecule has 0 radical (unpaired) electrons. The Bertz CT molecular complexity index is 943. The van der Waals surface area contributed by atoms with E-state index in [0.29, 0.717) is 25.1 Å². The number of aryl methyl sites for hydroxylation is 1. The third-order valence-corrected chi connectivity index (χ3v) is 6.43. The number of amides is 2. The first kappa shape index (κ1) is 20.0. The molecule has 1 saturated heterocycles. The van der Waals surface area contributed by atoms with Gasteiger partial charge in [-0.25, -0.2) is 8.42 Å². The zero-order valence-electron chi connectivity index (χ0n) is 15.7. The van der Waals surface area contributed by atoms with Gasteiger partial charge in [-0.1, -0.05) is 18.2 Å². The van der Waals surface area contributed by atoms with Crippen molar-refractivity contribution in [2.45, 2.75) is 30.7 Å². The van der Waals surface area contributed by atoms with E-state index in [1.165, 1.54) is 12.1 Å². The van der Waals surface area contributed by atoms with Crippen LogP contribution < -0.4 is 5.32 Å². The van der Waals surface area contributed by atoms with Crippen molar-refractivity contribution < 1.29 is 18.0 Å². The van der Waals surface area contributed by atoms with Gasteiger partial charge in [-0.05, 0) is 37.6 Å². The Hall–Kier alpha value is -2.74. The van der Waals surface area contributed by atoms with Crippen LogP contribution in [0.5, 0.6) is 0 Å². The molecule has 2 aromatic rings. The largest absolute Gasteiger partial charge is 0.351 e. The fourth-order valence-corrected chi connectivity index (χ4v) is 4.37. The molecule has 1 atom stereocenters. The fraction of sp³-hybridized carbons (Fsp3) is 0.350. The summed E-state index contributed by atoms with van der Waals surface area (Å²) in [5.74, 6) is -0.681. The lowest BCUT2D eigenvalue weighted by Crippen LogP contribution is -2.39. The Balaban J connectivity index is 1.49. The van der Waals surface area contributed by atoms with Crippen LogP contribution in [0.25, 0.3) is 0 Å². The number of likely N-dealkylation sites (tertiary alicyclic amines) is 1. The minimum Gasteiger partial charge on any atom is -0.351 e. The first-order chi connectivity index (χ1) is 13.3. The molecule has 1 aromatic heterocycles. The molecule has 1 aliphatic rings. The molecular weight excluding hydrogens is 378 g/mol. The summed E-state index contributed by atoms with van der Waals surface area (Å²) in [5, 5.41) is 2.84. The van der Waals surface area contributed by atoms with Crippen LogP contribution in [0, 0.1) is 6.92 Å². The second-order valence-corrected chi connectivity index (χ2v) is 8.98. The third-order valence-electron chi connectivity index (χ3n) is 4.70. The van der Waals surface area contributed by atoms with Crippen LogP contribution in [0.2, 0.25) is 0 Å². The number of nitrogens with one attached hydrogen (secondary N) is 1. The van der Waals surface area contributed by atoms with E-state index >= 15 is 0 Å². The zero-order valence-corrected chi connectivity index (χ0v) is 16.5. The number of hydrogen-bond acceptors (Lipinski definition) is 5. The molecule has 8 heteroatoms. The number of carbonyl (C=O) groups is 2. The molecule has 0 spiro atoms. The van der Waals surface area contributed by atoms with Gasteiger partial charge in [0.05, 0.1) is 16.2 Å². The summed E-state index contributed by atoms with van der Waals surface area (Å²) < 4.78 is 24.5. The van der Waals surface area contributed by atoms with Crippen LogP contribution in [0.4, 0.5) is 0 Å². The summed E-state index contributed by atoms with van der Waals surface area (Å²) >= 11 is 0. The molecule has 0 bridgehead atoms. The van der Waals surface area contributed by atoms with Gasteiger partial charge in [0.15, 0.2) is 9.84 Å². The van der Waals surface area contributed by atoms with Gasteiger partial charge in [-0.3, -0.25) is 14.6 Å². The fourth-order valence-electron chi connectivity index (χ4n) is 3.11. The molecular formula is C20H23N3O4S. The number of nitrogens with zero attached hydrogens (tertiary/aromatic N) is 2. The standard InChI is InChI=1S/C20H23N3O4S/c1-15-7-8-16(13-21-15)20(25)23-11-9-17(14-23)22-19(24)10-12-28(26,27)18-5-3-2-4-6-18/h2-8,13,17H,9-12,14H2,1H3,(H,22,24)/t17-/m1/s1. The van der Waals surface area contributed by atoms with Crippen LogP contribution in [0.1, 0.15) is 28.9 Å². The van der Waals surface area contributed by atoms with E-state index in [1.807, 2.05) is 6.92 Å². The summed E-state index contributed by atoms with van der Waals surface area (Å²) in [5.41, 5.74) is 1.36. The van der Waals surface area contributed by atoms with Crippen molar-refractivity contribution >= 4 is 21.7 Å². The Morgan fingerprint density at radius 2 is 1.93 bits per heavy atom. The first-order valence-electron chi connectivity index (χ1n) is 9.14. The second kappa shape index (κ2) is 8.52. The van der Waals surface area contributed by atoms with Crippen molar-refractivity contribution in [1.82, 2.24) is 15.2 Å². The van der Waals surface area contributed by atoms with Gasteiger partial charge >= 0.3 is 0 Å². The monoisotopic (exact) mass is 401 g/mol. The van der Waals surface area contributed by atoms with Crippen molar-refractivity contribution in [2.75, 3.05) is 18.8 Å². The molecule has 148 valence electrons. The summed E-state index contributed by atoms with van der Waals surface area (Å²) in [4.78, 5) is 30.7. The maximum atomic E-state index is 12.5. The maximum absolute atomic E-state index is 12.5. The molecule has 3 rings (SSSR count). The van der Waals surface area contributed by atoms with E-state index in [0.717, 1.165) is 5.69 Å². The summed E-state index contributed by atoms with van der Waals surface area (Å²) in [6, 6.07) is 11.4. The van der Waals surface area contributed by atoms with Gasteiger partial charge in [0.2, 0.25) is 5.91 Å². The van der Waals surface area contributed by atoms with Crippen LogP contribution in [0.15, 0.2) is 53.6 Å². The average molecular weight is 401 g/mol. The highest BCUT2D eigenvalue weighted by Gasteiger charge is 2.28. The Labute approximate surface area is 164 Å². The number of sulfone groups is 1. The Morgan fingerprint density at radius 3 is 2.61 bits per heavy atom. The van der Waals surface area contributed by atoms with E-state index < -0.39 is 9.84 Å². The molecule has 1 fully saturated rings. The highest BCUT2D eigenvalue weighted by Crippen LogP contribution is 2.15. The number of carbonyl (C=O) groups excluding carboxylic acids is 2. The number of rotatable bonds is 6. The van der Waals surface area contributed by atoms with Gasteiger partial charge < -0.3 is 10.2 Å². The van der Waals surface area contributed by atoms with Gasteiger partial charge in [0.1, 0.15) is 0 Å². The SMILES string of the molecule is Cc1ccc(C(=O)N2CC[C@@H](NC(=O)CCS(=O)(=O)c3ccccc3)C2)cn1. The van der Waals surface area contributed by atoms with Crippen LogP contribution >= 0.6 is 0 Å². The first-order valence-corrected chi connectivity index (χ1v) is 10.8. The molecule has 7 nitrogen and oxygen atoms in total. The number of hydrogen-bond donors (Lipinski definition) is 1. The lowest BCUT2D eigenvalue weighted by Gasteiger charge is -2.17. The van der Waals surface area contributed by atoms with Crippen LogP contribution in [-0.2, 0) is 14.6 Å². The predicted octanol–water partition coefficient (Wildman–Crippen LogP) is 1.58. The molecule has 0 saturated carbocycles. The average Bonchev–Trinajstić information content (AvgIpc) is 3.16. The van der Waals surface area contributed by atoms with E-state index in [9.17, 15) is 18.0 Å². The van der Waals surface area contributed by atoms with Crippen LogP contribution in [-0.4, -0.2) is 55.0 Å². The minimum atomic E-state index is -3.49. The normalized spacial score (nSPS) is 16.8. The lowest BCUT2D eigenvalue weighted by molar-refractivity contribution is -0.121. The van der Waals surface area contributed by atoms with Crippen molar-refractivity contribution in [2.24, 2.45) is 0 Å². The molecule has 2 amide bonds. The Kier molecular flexibility index (Phi) is 6.08. The number of benzene rings is 1. The molecule has 28 heavy (non-hydrogen) atoms. The van der Waals surface area contributed by atoms with Gasteiger partial charge in [-0.15, -0.1) is 0 Å². The lowest BCUT2D eigenvalue weighted by atomic mass is 10.2. The van der Waals surface area contributed by atoms with Crippen molar-refractivity contribution in [3.05, 3.63) is 59.9 Å². The quantitative estimate of drug-likeness (QED) is 0.793. The second-order valence-electron chi connectivity index (χ2n) is 6.87. The molecule has 1 aromatic carbocycles. The Morgan fingerprint density at radius 1 is 1.18 bits per heavy atom. The molecule has 1 N–H and O–H groups in total.